The Bertz CT molecular complexity index is 1070. The molecule has 28 heavy (non-hydrogen) atoms. The fraction of sp³-hybridized carbons (Fsp3) is 0.368. The summed E-state index contributed by atoms with van der Waals surface area (Å²) in [4.78, 5) is 4.10. The molecule has 1 heterocycles. The summed E-state index contributed by atoms with van der Waals surface area (Å²) in [7, 11) is -7.12. The van der Waals surface area contributed by atoms with Gasteiger partial charge in [0.2, 0.25) is 0 Å². The molecule has 1 aliphatic rings. The topological polar surface area (TPSA) is 74.8 Å². The van der Waals surface area contributed by atoms with E-state index in [4.69, 9.17) is 0 Å². The van der Waals surface area contributed by atoms with Crippen molar-refractivity contribution in [1.82, 2.24) is 0 Å². The molecule has 0 saturated carbocycles. The smallest absolute Gasteiger partial charge is 0.177 e. The number of hydrogen-bond acceptors (Lipinski definition) is 6. The molecule has 0 bridgehead atoms. The van der Waals surface area contributed by atoms with Gasteiger partial charge in [0.05, 0.1) is 15.5 Å². The maximum Gasteiger partial charge on any atom is 0.177 e. The Morgan fingerprint density at radius 3 is 2.00 bits per heavy atom. The lowest BCUT2D eigenvalue weighted by molar-refractivity contribution is 0.599. The second-order valence-electron chi connectivity index (χ2n) is 6.98. The van der Waals surface area contributed by atoms with Crippen molar-refractivity contribution >= 4 is 31.0 Å². The molecule has 0 unspecified atom stereocenters. The van der Waals surface area contributed by atoms with E-state index in [2.05, 4.69) is 4.90 Å². The summed E-state index contributed by atoms with van der Waals surface area (Å²) in [5.41, 5.74) is 1.43. The van der Waals surface area contributed by atoms with Crippen LogP contribution in [0.25, 0.3) is 0 Å². The SMILES string of the molecule is CS(=O)(=O)c1ccc(N2CCCN(c3ccc(F)cc3)CC2)c(S(C)(=O)=O)c1. The largest absolute Gasteiger partial charge is 0.370 e. The van der Waals surface area contributed by atoms with Gasteiger partial charge in [-0.1, -0.05) is 0 Å². The van der Waals surface area contributed by atoms with Gasteiger partial charge in [0.1, 0.15) is 5.82 Å². The number of benzene rings is 2. The van der Waals surface area contributed by atoms with E-state index in [1.165, 1.54) is 24.3 Å². The van der Waals surface area contributed by atoms with E-state index in [-0.39, 0.29) is 15.6 Å². The van der Waals surface area contributed by atoms with Gasteiger partial charge in [0.25, 0.3) is 0 Å². The Hall–Kier alpha value is -2.13. The van der Waals surface area contributed by atoms with E-state index >= 15 is 0 Å². The zero-order chi connectivity index (χ0) is 20.5. The average molecular weight is 427 g/mol. The molecule has 1 saturated heterocycles. The summed E-state index contributed by atoms with van der Waals surface area (Å²) in [6.45, 7) is 2.61. The van der Waals surface area contributed by atoms with Crippen molar-refractivity contribution in [1.29, 1.82) is 0 Å². The number of hydrogen-bond donors (Lipinski definition) is 0. The van der Waals surface area contributed by atoms with Crippen LogP contribution < -0.4 is 9.80 Å². The Morgan fingerprint density at radius 2 is 1.39 bits per heavy atom. The highest BCUT2D eigenvalue weighted by Gasteiger charge is 2.23. The van der Waals surface area contributed by atoms with Gasteiger partial charge < -0.3 is 9.80 Å². The summed E-state index contributed by atoms with van der Waals surface area (Å²) in [5, 5.41) is 0. The number of anilines is 2. The summed E-state index contributed by atoms with van der Waals surface area (Å²) in [6.07, 6.45) is 2.93. The maximum absolute atomic E-state index is 13.2. The lowest BCUT2D eigenvalue weighted by atomic mass is 10.2. The van der Waals surface area contributed by atoms with Crippen molar-refractivity contribution in [3.05, 3.63) is 48.3 Å². The summed E-state index contributed by atoms with van der Waals surface area (Å²) in [5.74, 6) is -0.288. The predicted molar refractivity (Wildman–Crippen MR) is 108 cm³/mol. The molecule has 0 atom stereocenters. The molecule has 0 aliphatic carbocycles. The van der Waals surface area contributed by atoms with E-state index in [0.29, 0.717) is 25.3 Å². The Balaban J connectivity index is 1.90. The Labute approximate surface area is 165 Å². The zero-order valence-electron chi connectivity index (χ0n) is 15.8. The lowest BCUT2D eigenvalue weighted by Crippen LogP contribution is -2.31. The number of rotatable bonds is 4. The predicted octanol–water partition coefficient (Wildman–Crippen LogP) is 2.35. The van der Waals surface area contributed by atoms with Crippen LogP contribution >= 0.6 is 0 Å². The molecular formula is C19H23FN2O4S2. The third-order valence-electron chi connectivity index (χ3n) is 4.79. The van der Waals surface area contributed by atoms with Gasteiger partial charge in [-0.05, 0) is 48.9 Å². The van der Waals surface area contributed by atoms with Crippen LogP contribution in [0.5, 0.6) is 0 Å². The highest BCUT2D eigenvalue weighted by atomic mass is 32.2. The average Bonchev–Trinajstić information content (AvgIpc) is 2.86. The molecule has 0 aromatic heterocycles. The number of nitrogens with zero attached hydrogens (tertiary/aromatic N) is 2. The van der Waals surface area contributed by atoms with Crippen molar-refractivity contribution < 1.29 is 21.2 Å². The Kier molecular flexibility index (Phi) is 5.67. The van der Waals surface area contributed by atoms with Crippen molar-refractivity contribution in [2.45, 2.75) is 16.2 Å². The van der Waals surface area contributed by atoms with Gasteiger partial charge in [0, 0.05) is 44.4 Å². The minimum Gasteiger partial charge on any atom is -0.370 e. The van der Waals surface area contributed by atoms with Crippen molar-refractivity contribution in [3.63, 3.8) is 0 Å². The summed E-state index contributed by atoms with van der Waals surface area (Å²) < 4.78 is 61.5. The van der Waals surface area contributed by atoms with Crippen LogP contribution in [-0.4, -0.2) is 55.5 Å². The van der Waals surface area contributed by atoms with Crippen molar-refractivity contribution in [3.8, 4) is 0 Å². The molecule has 2 aromatic rings. The zero-order valence-corrected chi connectivity index (χ0v) is 17.4. The Morgan fingerprint density at radius 1 is 0.786 bits per heavy atom. The van der Waals surface area contributed by atoms with Crippen molar-refractivity contribution in [2.24, 2.45) is 0 Å². The highest BCUT2D eigenvalue weighted by molar-refractivity contribution is 7.91. The fourth-order valence-corrected chi connectivity index (χ4v) is 4.99. The molecule has 1 aliphatic heterocycles. The number of halogens is 1. The highest BCUT2D eigenvalue weighted by Crippen LogP contribution is 2.29. The molecule has 0 N–H and O–H groups in total. The molecule has 2 aromatic carbocycles. The van der Waals surface area contributed by atoms with Crippen LogP contribution in [0.15, 0.2) is 52.3 Å². The first-order valence-corrected chi connectivity index (χ1v) is 12.6. The van der Waals surface area contributed by atoms with Crippen LogP contribution in [-0.2, 0) is 19.7 Å². The second-order valence-corrected chi connectivity index (χ2v) is 11.0. The van der Waals surface area contributed by atoms with Crippen LogP contribution in [0.1, 0.15) is 6.42 Å². The minimum absolute atomic E-state index is 0.0144. The van der Waals surface area contributed by atoms with E-state index < -0.39 is 19.7 Å². The molecule has 152 valence electrons. The molecule has 3 rings (SSSR count). The molecule has 6 nitrogen and oxygen atoms in total. The molecule has 1 fully saturated rings. The van der Waals surface area contributed by atoms with Gasteiger partial charge in [-0.25, -0.2) is 21.2 Å². The van der Waals surface area contributed by atoms with Gasteiger partial charge >= 0.3 is 0 Å². The van der Waals surface area contributed by atoms with Crippen LogP contribution in [0, 0.1) is 5.82 Å². The monoisotopic (exact) mass is 426 g/mol. The first kappa shape index (κ1) is 20.6. The number of sulfone groups is 2. The van der Waals surface area contributed by atoms with E-state index in [1.54, 1.807) is 18.2 Å². The first-order chi connectivity index (χ1) is 13.1. The van der Waals surface area contributed by atoms with Crippen LogP contribution in [0.2, 0.25) is 0 Å². The van der Waals surface area contributed by atoms with E-state index in [9.17, 15) is 21.2 Å². The standard InChI is InChI=1S/C19H23FN2O4S2/c1-27(23,24)17-8-9-18(19(14-17)28(2,25)26)22-11-3-10-21(12-13-22)16-6-4-15(20)5-7-16/h4-9,14H,3,10-13H2,1-2H3. The first-order valence-electron chi connectivity index (χ1n) is 8.85. The normalized spacial score (nSPS) is 16.1. The summed E-state index contributed by atoms with van der Waals surface area (Å²) in [6, 6.07) is 10.6. The third-order valence-corrected chi connectivity index (χ3v) is 7.02. The summed E-state index contributed by atoms with van der Waals surface area (Å²) >= 11 is 0. The van der Waals surface area contributed by atoms with E-state index in [0.717, 1.165) is 31.2 Å². The molecular weight excluding hydrogens is 403 g/mol. The van der Waals surface area contributed by atoms with Gasteiger partial charge in [-0.15, -0.1) is 0 Å². The molecule has 0 spiro atoms. The molecule has 9 heteroatoms. The molecule has 0 radical (unpaired) electrons. The van der Waals surface area contributed by atoms with Gasteiger partial charge in [-0.2, -0.15) is 0 Å². The quantitative estimate of drug-likeness (QED) is 0.747. The van der Waals surface area contributed by atoms with Crippen molar-refractivity contribution in [2.75, 3.05) is 48.5 Å². The maximum atomic E-state index is 13.2. The van der Waals surface area contributed by atoms with Crippen LogP contribution in [0.3, 0.4) is 0 Å². The molecule has 0 amide bonds. The lowest BCUT2D eigenvalue weighted by Gasteiger charge is -2.26. The van der Waals surface area contributed by atoms with Crippen LogP contribution in [0.4, 0.5) is 15.8 Å². The minimum atomic E-state index is -3.61. The third kappa shape index (κ3) is 4.64. The second kappa shape index (κ2) is 7.71. The van der Waals surface area contributed by atoms with E-state index in [1.807, 2.05) is 4.90 Å². The fourth-order valence-electron chi connectivity index (χ4n) is 3.35. The van der Waals surface area contributed by atoms with Gasteiger partial charge in [0.15, 0.2) is 19.7 Å². The van der Waals surface area contributed by atoms with Gasteiger partial charge in [-0.3, -0.25) is 0 Å².